The van der Waals surface area contributed by atoms with Crippen LogP contribution in [0.1, 0.15) is 33.1 Å². The van der Waals surface area contributed by atoms with Gasteiger partial charge in [0.05, 0.1) is 5.54 Å². The maximum atomic E-state index is 11.9. The number of thioether (sulfide) groups is 1. The summed E-state index contributed by atoms with van der Waals surface area (Å²) in [5.41, 5.74) is 5.11. The molecule has 0 bridgehead atoms. The molecule has 0 radical (unpaired) electrons. The Morgan fingerprint density at radius 3 is 2.80 bits per heavy atom. The molecule has 20 heavy (non-hydrogen) atoms. The van der Waals surface area contributed by atoms with Gasteiger partial charge in [-0.25, -0.2) is 0 Å². The molecule has 1 aliphatic carbocycles. The number of rotatable bonds is 5. The molecule has 1 aromatic rings. The van der Waals surface area contributed by atoms with Crippen LogP contribution in [-0.2, 0) is 4.79 Å². The molecule has 0 aliphatic heterocycles. The van der Waals surface area contributed by atoms with Gasteiger partial charge in [-0.3, -0.25) is 4.79 Å². The van der Waals surface area contributed by atoms with Crippen LogP contribution in [-0.4, -0.2) is 22.7 Å². The molecule has 3 N–H and O–H groups in total. The first kappa shape index (κ1) is 15.9. The Balaban J connectivity index is 2.07. The van der Waals surface area contributed by atoms with Gasteiger partial charge in [0.15, 0.2) is 0 Å². The molecule has 0 saturated heterocycles. The van der Waals surface area contributed by atoms with Gasteiger partial charge in [0, 0.05) is 20.7 Å². The first-order chi connectivity index (χ1) is 9.43. The van der Waals surface area contributed by atoms with E-state index in [1.165, 1.54) is 4.90 Å². The van der Waals surface area contributed by atoms with Crippen LogP contribution < -0.4 is 11.1 Å². The molecule has 1 fully saturated rings. The Kier molecular flexibility index (Phi) is 5.15. The predicted molar refractivity (Wildman–Crippen MR) is 87.8 cm³/mol. The molecule has 0 aromatic heterocycles. The first-order valence-corrected chi connectivity index (χ1v) is 8.59. The Labute approximate surface area is 133 Å². The summed E-state index contributed by atoms with van der Waals surface area (Å²) in [4.78, 5) is 13.1. The van der Waals surface area contributed by atoms with Crippen molar-refractivity contribution in [1.29, 1.82) is 0 Å². The quantitative estimate of drug-likeness (QED) is 0.850. The first-order valence-electron chi connectivity index (χ1n) is 6.92. The van der Waals surface area contributed by atoms with Crippen molar-refractivity contribution in [2.24, 2.45) is 5.73 Å². The van der Waals surface area contributed by atoms with Gasteiger partial charge in [-0.05, 0) is 61.2 Å². The molecule has 0 heterocycles. The van der Waals surface area contributed by atoms with Gasteiger partial charge >= 0.3 is 0 Å². The minimum atomic E-state index is -0.535. The third-order valence-electron chi connectivity index (χ3n) is 3.64. The molecule has 2 rings (SSSR count). The largest absolute Gasteiger partial charge is 0.368 e. The lowest BCUT2D eigenvalue weighted by molar-refractivity contribution is -0.124. The van der Waals surface area contributed by atoms with Crippen molar-refractivity contribution in [2.75, 3.05) is 0 Å². The van der Waals surface area contributed by atoms with E-state index < -0.39 is 5.54 Å². The lowest BCUT2D eigenvalue weighted by Crippen LogP contribution is -2.56. The number of halogens is 1. The van der Waals surface area contributed by atoms with Gasteiger partial charge in [0.1, 0.15) is 0 Å². The zero-order chi connectivity index (χ0) is 14.8. The molecule has 0 spiro atoms. The summed E-state index contributed by atoms with van der Waals surface area (Å²) in [5, 5.41) is 3.81. The number of primary amides is 1. The van der Waals surface area contributed by atoms with Crippen LogP contribution in [0.4, 0.5) is 0 Å². The molecule has 1 aliphatic rings. The topological polar surface area (TPSA) is 55.1 Å². The smallest absolute Gasteiger partial charge is 0.237 e. The zero-order valence-electron chi connectivity index (χ0n) is 11.9. The summed E-state index contributed by atoms with van der Waals surface area (Å²) in [6, 6.07) is 8.46. The second-order valence-electron chi connectivity index (χ2n) is 5.66. The highest BCUT2D eigenvalue weighted by atomic mass is 79.9. The van der Waals surface area contributed by atoms with Gasteiger partial charge < -0.3 is 11.1 Å². The maximum absolute atomic E-state index is 11.9. The molecular weight excluding hydrogens is 336 g/mol. The van der Waals surface area contributed by atoms with Crippen molar-refractivity contribution >= 4 is 33.6 Å². The average Bonchev–Trinajstić information content (AvgIpc) is 2.76. The minimum absolute atomic E-state index is 0.221. The fraction of sp³-hybridized carbons (Fsp3) is 0.533. The molecular formula is C15H21BrN2OS. The summed E-state index contributed by atoms with van der Waals surface area (Å²) in [6.07, 6.45) is 2.63. The summed E-state index contributed by atoms with van der Waals surface area (Å²) in [5.74, 6) is -0.221. The van der Waals surface area contributed by atoms with Crippen molar-refractivity contribution < 1.29 is 4.79 Å². The number of nitrogens with two attached hydrogens (primary N) is 1. The zero-order valence-corrected chi connectivity index (χ0v) is 14.3. The number of hydrogen-bond donors (Lipinski definition) is 2. The van der Waals surface area contributed by atoms with Crippen molar-refractivity contribution in [3.05, 3.63) is 28.7 Å². The lowest BCUT2D eigenvalue weighted by Gasteiger charge is -2.29. The Morgan fingerprint density at radius 2 is 2.20 bits per heavy atom. The number of carbonyl (C=O) groups excluding carboxylic acids is 1. The monoisotopic (exact) mass is 356 g/mol. The second kappa shape index (κ2) is 6.50. The van der Waals surface area contributed by atoms with Crippen molar-refractivity contribution in [3.63, 3.8) is 0 Å². The van der Waals surface area contributed by atoms with Crippen molar-refractivity contribution in [1.82, 2.24) is 5.32 Å². The van der Waals surface area contributed by atoms with E-state index in [0.29, 0.717) is 5.25 Å². The van der Waals surface area contributed by atoms with Gasteiger partial charge in [0.2, 0.25) is 5.91 Å². The van der Waals surface area contributed by atoms with Crippen LogP contribution in [0.5, 0.6) is 0 Å². The maximum Gasteiger partial charge on any atom is 0.237 e. The van der Waals surface area contributed by atoms with Crippen LogP contribution in [0.3, 0.4) is 0 Å². The Morgan fingerprint density at radius 1 is 1.50 bits per heavy atom. The predicted octanol–water partition coefficient (Wildman–Crippen LogP) is 3.32. The number of carbonyl (C=O) groups is 1. The van der Waals surface area contributed by atoms with E-state index >= 15 is 0 Å². The molecule has 2 atom stereocenters. The molecule has 2 unspecified atom stereocenters. The van der Waals surface area contributed by atoms with E-state index in [2.05, 4.69) is 41.2 Å². The fourth-order valence-corrected chi connectivity index (χ4v) is 4.66. The van der Waals surface area contributed by atoms with E-state index in [9.17, 15) is 4.79 Å². The summed E-state index contributed by atoms with van der Waals surface area (Å²) in [6.45, 7) is 4.11. The fourth-order valence-electron chi connectivity index (χ4n) is 2.80. The lowest BCUT2D eigenvalue weighted by atomic mass is 9.96. The van der Waals surface area contributed by atoms with Crippen LogP contribution in [0.15, 0.2) is 33.6 Å². The third-order valence-corrected chi connectivity index (χ3v) is 5.94. The third kappa shape index (κ3) is 3.57. The van der Waals surface area contributed by atoms with E-state index in [1.807, 2.05) is 30.0 Å². The van der Waals surface area contributed by atoms with E-state index in [0.717, 1.165) is 23.7 Å². The van der Waals surface area contributed by atoms with Crippen LogP contribution in [0.25, 0.3) is 0 Å². The highest BCUT2D eigenvalue weighted by molar-refractivity contribution is 9.10. The van der Waals surface area contributed by atoms with E-state index in [1.54, 1.807) is 0 Å². The van der Waals surface area contributed by atoms with Crippen LogP contribution in [0, 0.1) is 0 Å². The Bertz CT molecular complexity index is 495. The molecule has 5 heteroatoms. The summed E-state index contributed by atoms with van der Waals surface area (Å²) in [7, 11) is 0. The van der Waals surface area contributed by atoms with Crippen LogP contribution >= 0.6 is 27.7 Å². The molecule has 3 nitrogen and oxygen atoms in total. The van der Waals surface area contributed by atoms with E-state index in [4.69, 9.17) is 5.73 Å². The standard InChI is InChI=1S/C15H21BrN2OS/c1-10(2)18-15(14(17)19)8-7-11(9-15)20-13-6-4-3-5-12(13)16/h3-6,10-11,18H,7-9H2,1-2H3,(H2,17,19). The average molecular weight is 357 g/mol. The SMILES string of the molecule is CC(C)NC1(C(N)=O)CCC(Sc2ccccc2Br)C1. The summed E-state index contributed by atoms with van der Waals surface area (Å²) >= 11 is 5.40. The second-order valence-corrected chi connectivity index (χ2v) is 7.86. The van der Waals surface area contributed by atoms with Gasteiger partial charge in [0.25, 0.3) is 0 Å². The minimum Gasteiger partial charge on any atom is -0.368 e. The van der Waals surface area contributed by atoms with Gasteiger partial charge in [-0.15, -0.1) is 11.8 Å². The highest BCUT2D eigenvalue weighted by Crippen LogP contribution is 2.42. The number of nitrogens with one attached hydrogen (secondary N) is 1. The van der Waals surface area contributed by atoms with Crippen molar-refractivity contribution in [2.45, 2.75) is 54.8 Å². The molecule has 110 valence electrons. The number of benzene rings is 1. The normalized spacial score (nSPS) is 26.1. The molecule has 1 aromatic carbocycles. The van der Waals surface area contributed by atoms with Gasteiger partial charge in [-0.1, -0.05) is 12.1 Å². The highest BCUT2D eigenvalue weighted by Gasteiger charge is 2.44. The van der Waals surface area contributed by atoms with Gasteiger partial charge in [-0.2, -0.15) is 0 Å². The van der Waals surface area contributed by atoms with Crippen molar-refractivity contribution in [3.8, 4) is 0 Å². The summed E-state index contributed by atoms with van der Waals surface area (Å²) < 4.78 is 1.11. The Hall–Kier alpha value is -0.520. The van der Waals surface area contributed by atoms with E-state index in [-0.39, 0.29) is 11.9 Å². The molecule has 1 amide bonds. The number of hydrogen-bond acceptors (Lipinski definition) is 3. The van der Waals surface area contributed by atoms with Crippen LogP contribution in [0.2, 0.25) is 0 Å². The molecule has 1 saturated carbocycles. The number of amides is 1.